The summed E-state index contributed by atoms with van der Waals surface area (Å²) in [5, 5.41) is 5.55. The third kappa shape index (κ3) is 5.08. The van der Waals surface area contributed by atoms with Crippen molar-refractivity contribution in [3.05, 3.63) is 78.1 Å². The number of nitrogens with one attached hydrogen (secondary N) is 2. The van der Waals surface area contributed by atoms with E-state index in [0.717, 1.165) is 0 Å². The Bertz CT molecular complexity index is 1270. The Morgan fingerprint density at radius 2 is 1.51 bits per heavy atom. The van der Waals surface area contributed by atoms with Gasteiger partial charge in [0.2, 0.25) is 11.8 Å². The van der Waals surface area contributed by atoms with Crippen molar-refractivity contribution in [2.75, 3.05) is 36.3 Å². The number of nitrogens with zero attached hydrogens (tertiary/aromatic N) is 1. The summed E-state index contributed by atoms with van der Waals surface area (Å²) in [5.74, 6) is -1.70. The molecule has 0 bridgehead atoms. The first-order valence-electron chi connectivity index (χ1n) is 10.9. The number of carbonyl (C=O) groups is 3. The van der Waals surface area contributed by atoms with E-state index in [4.69, 9.17) is 9.47 Å². The van der Waals surface area contributed by atoms with Crippen LogP contribution in [0.2, 0.25) is 0 Å². The van der Waals surface area contributed by atoms with E-state index in [-0.39, 0.29) is 36.2 Å². The number of benzene rings is 3. The van der Waals surface area contributed by atoms with Crippen molar-refractivity contribution in [1.29, 1.82) is 0 Å². The lowest BCUT2D eigenvalue weighted by molar-refractivity contribution is -0.122. The molecule has 1 atom stereocenters. The molecular formula is C26H24FN3O5. The Hall–Kier alpha value is -4.40. The van der Waals surface area contributed by atoms with Crippen molar-refractivity contribution < 1.29 is 28.2 Å². The number of carbonyl (C=O) groups excluding carboxylic acids is 3. The smallest absolute Gasteiger partial charge is 0.255 e. The SMILES string of the molecule is COc1cc(NC(=O)C2CC(=O)N(c3ccccc3F)C2)c(OC)cc1NC(=O)c1ccccc1. The van der Waals surface area contributed by atoms with Crippen LogP contribution in [0.15, 0.2) is 66.7 Å². The van der Waals surface area contributed by atoms with Crippen LogP contribution in [0.1, 0.15) is 16.8 Å². The number of hydrogen-bond donors (Lipinski definition) is 2. The summed E-state index contributed by atoms with van der Waals surface area (Å²) < 4.78 is 25.0. The summed E-state index contributed by atoms with van der Waals surface area (Å²) in [6.07, 6.45) is -0.0508. The third-order valence-corrected chi connectivity index (χ3v) is 5.70. The van der Waals surface area contributed by atoms with Crippen molar-refractivity contribution >= 4 is 34.8 Å². The second kappa shape index (κ2) is 10.3. The fourth-order valence-electron chi connectivity index (χ4n) is 3.90. The molecule has 0 aliphatic carbocycles. The normalized spacial score (nSPS) is 15.0. The highest BCUT2D eigenvalue weighted by Crippen LogP contribution is 2.37. The number of halogens is 1. The highest BCUT2D eigenvalue weighted by molar-refractivity contribution is 6.06. The lowest BCUT2D eigenvalue weighted by Gasteiger charge is -2.19. The molecule has 3 aromatic rings. The first-order valence-corrected chi connectivity index (χ1v) is 10.9. The molecule has 1 fully saturated rings. The number of para-hydroxylation sites is 1. The van der Waals surface area contributed by atoms with E-state index < -0.39 is 17.6 Å². The molecule has 0 spiro atoms. The van der Waals surface area contributed by atoms with Crippen LogP contribution in [0.3, 0.4) is 0 Å². The minimum atomic E-state index is -0.685. The monoisotopic (exact) mass is 477 g/mol. The quantitative estimate of drug-likeness (QED) is 0.534. The summed E-state index contributed by atoms with van der Waals surface area (Å²) >= 11 is 0. The van der Waals surface area contributed by atoms with Crippen molar-refractivity contribution in [1.82, 2.24) is 0 Å². The molecule has 4 rings (SSSR count). The maximum atomic E-state index is 14.2. The van der Waals surface area contributed by atoms with Gasteiger partial charge in [-0.05, 0) is 24.3 Å². The molecule has 3 aromatic carbocycles. The lowest BCUT2D eigenvalue weighted by atomic mass is 10.1. The van der Waals surface area contributed by atoms with Gasteiger partial charge in [0.1, 0.15) is 17.3 Å². The molecule has 1 aliphatic rings. The third-order valence-electron chi connectivity index (χ3n) is 5.70. The minimum absolute atomic E-state index is 0.0508. The summed E-state index contributed by atoms with van der Waals surface area (Å²) in [6.45, 7) is 0.0519. The largest absolute Gasteiger partial charge is 0.494 e. The van der Waals surface area contributed by atoms with Crippen LogP contribution in [0, 0.1) is 11.7 Å². The molecule has 3 amide bonds. The fourth-order valence-corrected chi connectivity index (χ4v) is 3.90. The van der Waals surface area contributed by atoms with E-state index in [1.54, 1.807) is 36.4 Å². The zero-order valence-corrected chi connectivity index (χ0v) is 19.2. The van der Waals surface area contributed by atoms with Crippen molar-refractivity contribution in [3.63, 3.8) is 0 Å². The number of rotatable bonds is 7. The minimum Gasteiger partial charge on any atom is -0.494 e. The van der Waals surface area contributed by atoms with Gasteiger partial charge in [0.25, 0.3) is 5.91 Å². The lowest BCUT2D eigenvalue weighted by Crippen LogP contribution is -2.28. The number of ether oxygens (including phenoxy) is 2. The van der Waals surface area contributed by atoms with Gasteiger partial charge in [-0.2, -0.15) is 0 Å². The van der Waals surface area contributed by atoms with Crippen LogP contribution >= 0.6 is 0 Å². The first-order chi connectivity index (χ1) is 16.9. The van der Waals surface area contributed by atoms with Gasteiger partial charge in [-0.1, -0.05) is 30.3 Å². The molecule has 1 unspecified atom stereocenters. The molecular weight excluding hydrogens is 453 g/mol. The predicted octanol–water partition coefficient (Wildman–Crippen LogP) is 4.09. The van der Waals surface area contributed by atoms with Crippen LogP contribution in [-0.4, -0.2) is 38.5 Å². The zero-order chi connectivity index (χ0) is 24.9. The Morgan fingerprint density at radius 3 is 2.14 bits per heavy atom. The standard InChI is InChI=1S/C26H24FN3O5/c1-34-22-14-20(23(35-2)13-19(22)28-25(32)16-8-4-3-5-9-16)29-26(33)17-12-24(31)30(15-17)21-11-7-6-10-18(21)27/h3-11,13-14,17H,12,15H2,1-2H3,(H,28,32)(H,29,33). The first kappa shape index (κ1) is 23.7. The number of hydrogen-bond acceptors (Lipinski definition) is 5. The Morgan fingerprint density at radius 1 is 0.914 bits per heavy atom. The summed E-state index contributed by atoms with van der Waals surface area (Å²) in [6, 6.07) is 17.7. The van der Waals surface area contributed by atoms with Crippen molar-refractivity contribution in [2.24, 2.45) is 5.92 Å². The molecule has 0 saturated carbocycles. The number of anilines is 3. The molecule has 1 saturated heterocycles. The summed E-state index contributed by atoms with van der Waals surface area (Å²) in [5.41, 5.74) is 1.28. The Labute approximate surface area is 201 Å². The molecule has 9 heteroatoms. The van der Waals surface area contributed by atoms with Gasteiger partial charge in [0.05, 0.1) is 37.2 Å². The van der Waals surface area contributed by atoms with Gasteiger partial charge in [0, 0.05) is 30.7 Å². The second-order valence-electron chi connectivity index (χ2n) is 7.92. The maximum Gasteiger partial charge on any atom is 0.255 e. The van der Waals surface area contributed by atoms with Gasteiger partial charge in [0.15, 0.2) is 0 Å². The van der Waals surface area contributed by atoms with Crippen LogP contribution in [-0.2, 0) is 9.59 Å². The van der Waals surface area contributed by atoms with E-state index in [9.17, 15) is 18.8 Å². The topological polar surface area (TPSA) is 97.0 Å². The zero-order valence-electron chi connectivity index (χ0n) is 19.2. The molecule has 1 heterocycles. The molecule has 0 aromatic heterocycles. The van der Waals surface area contributed by atoms with E-state index in [1.807, 2.05) is 6.07 Å². The second-order valence-corrected chi connectivity index (χ2v) is 7.92. The molecule has 1 aliphatic heterocycles. The van der Waals surface area contributed by atoms with Crippen LogP contribution in [0.5, 0.6) is 11.5 Å². The number of methoxy groups -OCH3 is 2. The molecule has 35 heavy (non-hydrogen) atoms. The summed E-state index contributed by atoms with van der Waals surface area (Å²) in [7, 11) is 2.87. The fraction of sp³-hybridized carbons (Fsp3) is 0.192. The van der Waals surface area contributed by atoms with Gasteiger partial charge >= 0.3 is 0 Å². The molecule has 8 nitrogen and oxygen atoms in total. The van der Waals surface area contributed by atoms with E-state index in [1.165, 1.54) is 43.4 Å². The van der Waals surface area contributed by atoms with Gasteiger partial charge in [-0.25, -0.2) is 4.39 Å². The number of amides is 3. The van der Waals surface area contributed by atoms with Crippen LogP contribution < -0.4 is 25.0 Å². The van der Waals surface area contributed by atoms with Crippen molar-refractivity contribution in [2.45, 2.75) is 6.42 Å². The van der Waals surface area contributed by atoms with E-state index >= 15 is 0 Å². The van der Waals surface area contributed by atoms with E-state index in [2.05, 4.69) is 10.6 Å². The van der Waals surface area contributed by atoms with E-state index in [0.29, 0.717) is 22.7 Å². The highest BCUT2D eigenvalue weighted by Gasteiger charge is 2.36. The van der Waals surface area contributed by atoms with Gasteiger partial charge < -0.3 is 25.0 Å². The van der Waals surface area contributed by atoms with Crippen LogP contribution in [0.25, 0.3) is 0 Å². The van der Waals surface area contributed by atoms with Crippen LogP contribution in [0.4, 0.5) is 21.5 Å². The molecule has 0 radical (unpaired) electrons. The summed E-state index contributed by atoms with van der Waals surface area (Å²) in [4.78, 5) is 39.3. The molecule has 2 N–H and O–H groups in total. The predicted molar refractivity (Wildman–Crippen MR) is 129 cm³/mol. The maximum absolute atomic E-state index is 14.2. The van der Waals surface area contributed by atoms with Crippen molar-refractivity contribution in [3.8, 4) is 11.5 Å². The average molecular weight is 477 g/mol. The Balaban J connectivity index is 1.52. The van der Waals surface area contributed by atoms with Gasteiger partial charge in [-0.3, -0.25) is 14.4 Å². The highest BCUT2D eigenvalue weighted by atomic mass is 19.1. The Kier molecular flexibility index (Phi) is 6.96. The average Bonchev–Trinajstić information content (AvgIpc) is 3.26. The van der Waals surface area contributed by atoms with Gasteiger partial charge in [-0.15, -0.1) is 0 Å². The molecule has 180 valence electrons.